The molecule has 0 bridgehead atoms. The second kappa shape index (κ2) is 7.59. The smallest absolute Gasteiger partial charge is 0.224 e. The van der Waals surface area contributed by atoms with Crippen molar-refractivity contribution >= 4 is 22.5 Å². The molecule has 0 spiro atoms. The number of nitrogens with zero attached hydrogens (tertiary/aromatic N) is 1. The van der Waals surface area contributed by atoms with E-state index in [0.717, 1.165) is 30.2 Å². The number of amides is 1. The number of benzene rings is 1. The van der Waals surface area contributed by atoms with Crippen LogP contribution in [0.25, 0.3) is 10.9 Å². The summed E-state index contributed by atoms with van der Waals surface area (Å²) in [6.07, 6.45) is 4.98. The Morgan fingerprint density at radius 3 is 2.95 bits per heavy atom. The summed E-state index contributed by atoms with van der Waals surface area (Å²) in [4.78, 5) is 16.3. The van der Waals surface area contributed by atoms with E-state index in [1.807, 2.05) is 18.2 Å². The van der Waals surface area contributed by atoms with Crippen LogP contribution in [0, 0.1) is 0 Å². The molecule has 0 unspecified atom stereocenters. The molecule has 0 fully saturated rings. The maximum absolute atomic E-state index is 12.0. The zero-order valence-electron chi connectivity index (χ0n) is 12.3. The Hall–Kier alpha value is -2.14. The van der Waals surface area contributed by atoms with E-state index in [1.165, 1.54) is 0 Å². The van der Waals surface area contributed by atoms with Crippen molar-refractivity contribution in [1.29, 1.82) is 0 Å². The molecule has 1 aromatic carbocycles. The van der Waals surface area contributed by atoms with Crippen LogP contribution in [0.3, 0.4) is 0 Å². The van der Waals surface area contributed by atoms with E-state index < -0.39 is 0 Å². The zero-order valence-corrected chi connectivity index (χ0v) is 12.3. The topological polar surface area (TPSA) is 77.2 Å². The summed E-state index contributed by atoms with van der Waals surface area (Å²) in [5.74, 6) is 0.696. The van der Waals surface area contributed by atoms with E-state index in [2.05, 4.69) is 10.3 Å². The van der Waals surface area contributed by atoms with Crippen LogP contribution in [0.5, 0.6) is 5.75 Å². The third-order valence-electron chi connectivity index (χ3n) is 3.30. The van der Waals surface area contributed by atoms with E-state index in [1.54, 1.807) is 19.4 Å². The van der Waals surface area contributed by atoms with Crippen LogP contribution in [0.15, 0.2) is 30.5 Å². The Morgan fingerprint density at radius 1 is 1.33 bits per heavy atom. The fourth-order valence-electron chi connectivity index (χ4n) is 2.20. The van der Waals surface area contributed by atoms with Crippen molar-refractivity contribution in [2.24, 2.45) is 5.73 Å². The summed E-state index contributed by atoms with van der Waals surface area (Å²) in [5, 5.41) is 3.86. The number of rotatable bonds is 7. The first-order valence-electron chi connectivity index (χ1n) is 7.17. The van der Waals surface area contributed by atoms with E-state index in [9.17, 15) is 4.79 Å². The number of anilines is 1. The van der Waals surface area contributed by atoms with Crippen molar-refractivity contribution in [1.82, 2.24) is 4.98 Å². The number of carbonyl (C=O) groups is 1. The molecule has 2 aromatic rings. The number of ether oxygens (including phenoxy) is 1. The number of carbonyl (C=O) groups excluding carboxylic acids is 1. The number of aromatic nitrogens is 1. The Morgan fingerprint density at radius 2 is 2.19 bits per heavy atom. The van der Waals surface area contributed by atoms with Crippen molar-refractivity contribution in [3.8, 4) is 5.75 Å². The lowest BCUT2D eigenvalue weighted by Crippen LogP contribution is -2.12. The van der Waals surface area contributed by atoms with Crippen molar-refractivity contribution in [3.63, 3.8) is 0 Å². The van der Waals surface area contributed by atoms with Crippen LogP contribution in [0.4, 0.5) is 5.69 Å². The molecular formula is C16H21N3O2. The number of methoxy groups -OCH3 is 1. The molecule has 3 N–H and O–H groups in total. The molecule has 0 saturated carbocycles. The summed E-state index contributed by atoms with van der Waals surface area (Å²) in [5.41, 5.74) is 6.90. The summed E-state index contributed by atoms with van der Waals surface area (Å²) in [6, 6.07) is 7.51. The van der Waals surface area contributed by atoms with E-state index in [-0.39, 0.29) is 5.91 Å². The monoisotopic (exact) mass is 287 g/mol. The molecular weight excluding hydrogens is 266 g/mol. The Labute approximate surface area is 124 Å². The molecule has 0 aliphatic heterocycles. The normalized spacial score (nSPS) is 10.6. The Balaban J connectivity index is 2.11. The first-order valence-corrected chi connectivity index (χ1v) is 7.17. The van der Waals surface area contributed by atoms with Gasteiger partial charge in [0.2, 0.25) is 5.91 Å². The Kier molecular flexibility index (Phi) is 5.51. The van der Waals surface area contributed by atoms with E-state index >= 15 is 0 Å². The minimum absolute atomic E-state index is 0.00720. The number of unbranched alkanes of at least 4 members (excludes halogenated alkanes) is 2. The van der Waals surface area contributed by atoms with Crippen LogP contribution in [-0.2, 0) is 4.79 Å². The fraction of sp³-hybridized carbons (Fsp3) is 0.375. The van der Waals surface area contributed by atoms with Gasteiger partial charge in [0, 0.05) is 24.1 Å². The van der Waals surface area contributed by atoms with Gasteiger partial charge in [-0.25, -0.2) is 0 Å². The van der Waals surface area contributed by atoms with Crippen molar-refractivity contribution in [3.05, 3.63) is 30.5 Å². The molecule has 0 radical (unpaired) electrons. The molecule has 0 saturated heterocycles. The zero-order chi connectivity index (χ0) is 15.1. The van der Waals surface area contributed by atoms with Crippen LogP contribution >= 0.6 is 0 Å². The average Bonchev–Trinajstić information content (AvgIpc) is 2.51. The molecule has 1 heterocycles. The van der Waals surface area contributed by atoms with Gasteiger partial charge in [0.15, 0.2) is 0 Å². The molecule has 0 aliphatic rings. The maximum atomic E-state index is 12.0. The van der Waals surface area contributed by atoms with Gasteiger partial charge in [-0.3, -0.25) is 9.78 Å². The lowest BCUT2D eigenvalue weighted by Gasteiger charge is -2.10. The van der Waals surface area contributed by atoms with Gasteiger partial charge in [0.25, 0.3) is 0 Å². The minimum Gasteiger partial charge on any atom is -0.497 e. The van der Waals surface area contributed by atoms with Crippen molar-refractivity contribution < 1.29 is 9.53 Å². The summed E-state index contributed by atoms with van der Waals surface area (Å²) in [7, 11) is 1.61. The van der Waals surface area contributed by atoms with E-state index in [4.69, 9.17) is 10.5 Å². The largest absolute Gasteiger partial charge is 0.497 e. The molecule has 5 heteroatoms. The third kappa shape index (κ3) is 4.16. The standard InChI is InChI=1S/C16H21N3O2/c1-21-13-10-12-6-5-9-18-16(12)14(11-13)19-15(20)7-3-2-4-8-17/h5-6,9-11H,2-4,7-8,17H2,1H3,(H,19,20). The van der Waals surface area contributed by atoms with Gasteiger partial charge >= 0.3 is 0 Å². The predicted molar refractivity (Wildman–Crippen MR) is 84.4 cm³/mol. The number of nitrogens with one attached hydrogen (secondary N) is 1. The summed E-state index contributed by atoms with van der Waals surface area (Å²) < 4.78 is 5.26. The SMILES string of the molecule is COc1cc(NC(=O)CCCCCN)c2ncccc2c1. The highest BCUT2D eigenvalue weighted by Crippen LogP contribution is 2.27. The number of fused-ring (bicyclic) bond motifs is 1. The molecule has 0 aliphatic carbocycles. The molecule has 112 valence electrons. The number of hydrogen-bond donors (Lipinski definition) is 2. The summed E-state index contributed by atoms with van der Waals surface area (Å²) >= 11 is 0. The lowest BCUT2D eigenvalue weighted by atomic mass is 10.1. The van der Waals surface area contributed by atoms with Crippen LogP contribution in [0.1, 0.15) is 25.7 Å². The van der Waals surface area contributed by atoms with Crippen LogP contribution < -0.4 is 15.8 Å². The number of nitrogens with two attached hydrogens (primary N) is 1. The van der Waals surface area contributed by atoms with Gasteiger partial charge in [0.1, 0.15) is 5.75 Å². The maximum Gasteiger partial charge on any atom is 0.224 e. The van der Waals surface area contributed by atoms with Gasteiger partial charge in [-0.05, 0) is 31.5 Å². The van der Waals surface area contributed by atoms with Crippen LogP contribution in [0.2, 0.25) is 0 Å². The highest BCUT2D eigenvalue weighted by molar-refractivity contribution is 6.01. The molecule has 2 rings (SSSR count). The third-order valence-corrected chi connectivity index (χ3v) is 3.30. The first kappa shape index (κ1) is 15.3. The van der Waals surface area contributed by atoms with Gasteiger partial charge in [-0.1, -0.05) is 12.5 Å². The second-order valence-electron chi connectivity index (χ2n) is 4.90. The average molecular weight is 287 g/mol. The summed E-state index contributed by atoms with van der Waals surface area (Å²) in [6.45, 7) is 0.673. The van der Waals surface area contributed by atoms with E-state index in [0.29, 0.717) is 24.4 Å². The van der Waals surface area contributed by atoms with Gasteiger partial charge < -0.3 is 15.8 Å². The molecule has 1 aromatic heterocycles. The van der Waals surface area contributed by atoms with Gasteiger partial charge in [-0.2, -0.15) is 0 Å². The number of hydrogen-bond acceptors (Lipinski definition) is 4. The second-order valence-corrected chi connectivity index (χ2v) is 4.90. The van der Waals surface area contributed by atoms with Gasteiger partial charge in [0.05, 0.1) is 18.3 Å². The molecule has 1 amide bonds. The molecule has 21 heavy (non-hydrogen) atoms. The van der Waals surface area contributed by atoms with Crippen LogP contribution in [-0.4, -0.2) is 24.5 Å². The highest BCUT2D eigenvalue weighted by atomic mass is 16.5. The quantitative estimate of drug-likeness (QED) is 0.768. The molecule has 5 nitrogen and oxygen atoms in total. The van der Waals surface area contributed by atoms with Crippen molar-refractivity contribution in [2.75, 3.05) is 19.0 Å². The fourth-order valence-corrected chi connectivity index (χ4v) is 2.20. The van der Waals surface area contributed by atoms with Gasteiger partial charge in [-0.15, -0.1) is 0 Å². The first-order chi connectivity index (χ1) is 10.2. The number of pyridine rings is 1. The Bertz CT molecular complexity index is 613. The van der Waals surface area contributed by atoms with Crippen molar-refractivity contribution in [2.45, 2.75) is 25.7 Å². The predicted octanol–water partition coefficient (Wildman–Crippen LogP) is 2.70. The molecule has 0 atom stereocenters. The highest BCUT2D eigenvalue weighted by Gasteiger charge is 2.09. The minimum atomic E-state index is -0.00720. The lowest BCUT2D eigenvalue weighted by molar-refractivity contribution is -0.116.